The van der Waals surface area contributed by atoms with Crippen molar-refractivity contribution in [2.24, 2.45) is 0 Å². The molecule has 2 rings (SSSR count). The molecule has 2 aromatic carbocycles. The van der Waals surface area contributed by atoms with E-state index >= 15 is 0 Å². The van der Waals surface area contributed by atoms with Gasteiger partial charge in [0.15, 0.2) is 11.9 Å². The van der Waals surface area contributed by atoms with Crippen LogP contribution in [0.1, 0.15) is 41.3 Å². The molecule has 26 heavy (non-hydrogen) atoms. The first-order chi connectivity index (χ1) is 12.5. The molecule has 136 valence electrons. The highest BCUT2D eigenvalue weighted by atomic mass is 16.5. The smallest absolute Gasteiger partial charge is 0.307 e. The second kappa shape index (κ2) is 9.51. The lowest BCUT2D eigenvalue weighted by Gasteiger charge is -2.13. The number of aryl methyl sites for hydroxylation is 1. The summed E-state index contributed by atoms with van der Waals surface area (Å²) in [7, 11) is 0. The van der Waals surface area contributed by atoms with Crippen molar-refractivity contribution in [2.45, 2.75) is 39.3 Å². The number of ether oxygens (including phenoxy) is 1. The van der Waals surface area contributed by atoms with Crippen LogP contribution in [0, 0.1) is 6.92 Å². The lowest BCUT2D eigenvalue weighted by atomic mass is 10.1. The maximum Gasteiger partial charge on any atom is 0.307 e. The van der Waals surface area contributed by atoms with Crippen LogP contribution in [0.15, 0.2) is 54.6 Å². The molecule has 0 fully saturated rings. The van der Waals surface area contributed by atoms with Gasteiger partial charge < -0.3 is 10.1 Å². The minimum Gasteiger partial charge on any atom is -0.453 e. The van der Waals surface area contributed by atoms with Crippen LogP contribution in [0.3, 0.4) is 0 Å². The summed E-state index contributed by atoms with van der Waals surface area (Å²) in [6.45, 7) is 3.88. The molecule has 0 aliphatic rings. The van der Waals surface area contributed by atoms with Crippen molar-refractivity contribution in [1.82, 2.24) is 5.32 Å². The number of Topliss-reactive ketones (excluding diaryl/α,β-unsaturated/α-hetero) is 1. The van der Waals surface area contributed by atoms with Crippen molar-refractivity contribution in [3.8, 4) is 0 Å². The van der Waals surface area contributed by atoms with Crippen molar-refractivity contribution >= 4 is 17.7 Å². The molecule has 0 heterocycles. The van der Waals surface area contributed by atoms with Crippen LogP contribution in [0.25, 0.3) is 0 Å². The van der Waals surface area contributed by atoms with Crippen molar-refractivity contribution in [3.63, 3.8) is 0 Å². The SMILES string of the molecule is Cc1ccc(CNC(=O)[C@@H](C)OC(=O)CCC(=O)c2ccccc2)cc1. The molecular weight excluding hydrogens is 330 g/mol. The number of carbonyl (C=O) groups excluding carboxylic acids is 3. The largest absolute Gasteiger partial charge is 0.453 e. The Morgan fingerprint density at radius 3 is 2.27 bits per heavy atom. The lowest BCUT2D eigenvalue weighted by Crippen LogP contribution is -2.35. The van der Waals surface area contributed by atoms with E-state index in [1.165, 1.54) is 6.92 Å². The first-order valence-electron chi connectivity index (χ1n) is 8.56. The molecule has 5 heteroatoms. The molecule has 0 unspecified atom stereocenters. The van der Waals surface area contributed by atoms with E-state index in [9.17, 15) is 14.4 Å². The molecule has 0 aromatic heterocycles. The van der Waals surface area contributed by atoms with Crippen molar-refractivity contribution in [1.29, 1.82) is 0 Å². The lowest BCUT2D eigenvalue weighted by molar-refractivity contribution is -0.154. The molecule has 0 radical (unpaired) electrons. The molecule has 0 saturated carbocycles. The Labute approximate surface area is 153 Å². The Balaban J connectivity index is 1.72. The summed E-state index contributed by atoms with van der Waals surface area (Å²) >= 11 is 0. The Kier molecular flexibility index (Phi) is 7.09. The predicted octanol–water partition coefficient (Wildman–Crippen LogP) is 3.21. The van der Waals surface area contributed by atoms with Gasteiger partial charge in [-0.15, -0.1) is 0 Å². The molecule has 2 aromatic rings. The highest BCUT2D eigenvalue weighted by Crippen LogP contribution is 2.07. The van der Waals surface area contributed by atoms with E-state index in [0.717, 1.165) is 11.1 Å². The average Bonchev–Trinajstić information content (AvgIpc) is 2.66. The molecule has 1 N–H and O–H groups in total. The number of hydrogen-bond acceptors (Lipinski definition) is 4. The third-order valence-corrected chi connectivity index (χ3v) is 3.92. The highest BCUT2D eigenvalue weighted by molar-refractivity contribution is 5.97. The maximum absolute atomic E-state index is 12.0. The molecule has 1 amide bonds. The average molecular weight is 353 g/mol. The third-order valence-electron chi connectivity index (χ3n) is 3.92. The molecule has 5 nitrogen and oxygen atoms in total. The summed E-state index contributed by atoms with van der Waals surface area (Å²) in [5.41, 5.74) is 2.67. The Morgan fingerprint density at radius 1 is 0.962 bits per heavy atom. The first-order valence-corrected chi connectivity index (χ1v) is 8.56. The Hall–Kier alpha value is -2.95. The standard InChI is InChI=1S/C21H23NO4/c1-15-8-10-17(11-9-15)14-22-21(25)16(2)26-20(24)13-12-19(23)18-6-4-3-5-7-18/h3-11,16H,12-14H2,1-2H3,(H,22,25)/t16-/m1/s1. The van der Waals surface area contributed by atoms with E-state index in [2.05, 4.69) is 5.32 Å². The van der Waals surface area contributed by atoms with Crippen molar-refractivity contribution < 1.29 is 19.1 Å². The van der Waals surface area contributed by atoms with Gasteiger partial charge >= 0.3 is 5.97 Å². The van der Waals surface area contributed by atoms with Gasteiger partial charge in [-0.3, -0.25) is 14.4 Å². The summed E-state index contributed by atoms with van der Waals surface area (Å²) in [5.74, 6) is -1.06. The van der Waals surface area contributed by atoms with E-state index in [1.54, 1.807) is 24.3 Å². The molecule has 1 atom stereocenters. The van der Waals surface area contributed by atoms with E-state index < -0.39 is 12.1 Å². The van der Waals surface area contributed by atoms with Gasteiger partial charge in [0.05, 0.1) is 6.42 Å². The molecule has 0 aliphatic carbocycles. The third kappa shape index (κ3) is 6.16. The molecular formula is C21H23NO4. The van der Waals surface area contributed by atoms with Crippen LogP contribution < -0.4 is 5.32 Å². The Morgan fingerprint density at radius 2 is 1.62 bits per heavy atom. The monoisotopic (exact) mass is 353 g/mol. The topological polar surface area (TPSA) is 72.5 Å². The van der Waals surface area contributed by atoms with Gasteiger partial charge in [0, 0.05) is 18.5 Å². The summed E-state index contributed by atoms with van der Waals surface area (Å²) in [6, 6.07) is 16.6. The van der Waals surface area contributed by atoms with E-state index in [0.29, 0.717) is 12.1 Å². The zero-order valence-corrected chi connectivity index (χ0v) is 15.0. The number of hydrogen-bond donors (Lipinski definition) is 1. The predicted molar refractivity (Wildman–Crippen MR) is 98.6 cm³/mol. The van der Waals surface area contributed by atoms with E-state index in [-0.39, 0.29) is 24.5 Å². The highest BCUT2D eigenvalue weighted by Gasteiger charge is 2.18. The molecule has 0 aliphatic heterocycles. The zero-order valence-electron chi connectivity index (χ0n) is 15.0. The van der Waals surface area contributed by atoms with E-state index in [4.69, 9.17) is 4.74 Å². The second-order valence-corrected chi connectivity index (χ2v) is 6.12. The minimum atomic E-state index is -0.903. The number of amides is 1. The minimum absolute atomic E-state index is 0.0523. The van der Waals surface area contributed by atoms with Crippen LogP contribution in [-0.4, -0.2) is 23.8 Å². The maximum atomic E-state index is 12.0. The van der Waals surface area contributed by atoms with Gasteiger partial charge in [0.2, 0.25) is 0 Å². The van der Waals surface area contributed by atoms with Gasteiger partial charge in [-0.25, -0.2) is 0 Å². The van der Waals surface area contributed by atoms with Crippen LogP contribution in [-0.2, 0) is 20.9 Å². The van der Waals surface area contributed by atoms with E-state index in [1.807, 2.05) is 37.3 Å². The summed E-state index contributed by atoms with van der Waals surface area (Å²) in [5, 5.41) is 2.73. The number of ketones is 1. The van der Waals surface area contributed by atoms with Crippen LogP contribution in [0.5, 0.6) is 0 Å². The second-order valence-electron chi connectivity index (χ2n) is 6.12. The van der Waals surface area contributed by atoms with Gasteiger partial charge in [-0.1, -0.05) is 60.2 Å². The zero-order chi connectivity index (χ0) is 18.9. The van der Waals surface area contributed by atoms with Gasteiger partial charge in [-0.2, -0.15) is 0 Å². The first kappa shape index (κ1) is 19.4. The van der Waals surface area contributed by atoms with Crippen LogP contribution >= 0.6 is 0 Å². The molecule has 0 spiro atoms. The molecule has 0 saturated heterocycles. The normalized spacial score (nSPS) is 11.5. The van der Waals surface area contributed by atoms with Crippen LogP contribution in [0.2, 0.25) is 0 Å². The molecule has 0 bridgehead atoms. The van der Waals surface area contributed by atoms with Gasteiger partial charge in [0.25, 0.3) is 5.91 Å². The fraction of sp³-hybridized carbons (Fsp3) is 0.286. The fourth-order valence-corrected chi connectivity index (χ4v) is 2.33. The summed E-state index contributed by atoms with van der Waals surface area (Å²) < 4.78 is 5.10. The number of nitrogens with one attached hydrogen (secondary N) is 1. The number of carbonyl (C=O) groups is 3. The van der Waals surface area contributed by atoms with Gasteiger partial charge in [0.1, 0.15) is 0 Å². The van der Waals surface area contributed by atoms with Crippen molar-refractivity contribution in [3.05, 3.63) is 71.3 Å². The quantitative estimate of drug-likeness (QED) is 0.584. The van der Waals surface area contributed by atoms with Crippen molar-refractivity contribution in [2.75, 3.05) is 0 Å². The van der Waals surface area contributed by atoms with Crippen LogP contribution in [0.4, 0.5) is 0 Å². The summed E-state index contributed by atoms with van der Waals surface area (Å²) in [4.78, 5) is 35.8. The Bertz CT molecular complexity index is 753. The fourth-order valence-electron chi connectivity index (χ4n) is 2.33. The number of benzene rings is 2. The number of rotatable bonds is 8. The van der Waals surface area contributed by atoms with Gasteiger partial charge in [-0.05, 0) is 19.4 Å². The summed E-state index contributed by atoms with van der Waals surface area (Å²) in [6.07, 6.45) is -0.899. The number of esters is 1.